The van der Waals surface area contributed by atoms with Gasteiger partial charge in [0.25, 0.3) is 0 Å². The Morgan fingerprint density at radius 3 is 2.82 bits per heavy atom. The maximum atomic E-state index is 13.9. The van der Waals surface area contributed by atoms with Crippen molar-refractivity contribution in [3.63, 3.8) is 0 Å². The van der Waals surface area contributed by atoms with E-state index in [1.165, 1.54) is 0 Å². The van der Waals surface area contributed by atoms with Crippen molar-refractivity contribution in [2.24, 2.45) is 5.73 Å². The molecule has 1 atom stereocenters. The highest BCUT2D eigenvalue weighted by molar-refractivity contribution is 9.10. The van der Waals surface area contributed by atoms with E-state index in [-0.39, 0.29) is 15.6 Å². The fraction of sp³-hybridized carbons (Fsp3) is 0.364. The van der Waals surface area contributed by atoms with Crippen LogP contribution < -0.4 is 11.1 Å². The predicted octanol–water partition coefficient (Wildman–Crippen LogP) is 2.67. The normalized spacial score (nSPS) is 12.2. The summed E-state index contributed by atoms with van der Waals surface area (Å²) in [5.41, 5.74) is 6.35. The lowest BCUT2D eigenvalue weighted by atomic mass is 10.2. The van der Waals surface area contributed by atoms with E-state index in [2.05, 4.69) is 21.2 Å². The summed E-state index contributed by atoms with van der Waals surface area (Å²) in [5, 5.41) is 2.96. The van der Waals surface area contributed by atoms with Crippen molar-refractivity contribution in [3.05, 3.63) is 28.0 Å². The molecular formula is C11H14BrFN2OS. The molecule has 3 N–H and O–H groups in total. The van der Waals surface area contributed by atoms with Crippen LogP contribution in [-0.2, 0) is 4.74 Å². The number of benzene rings is 1. The molecule has 0 fully saturated rings. The van der Waals surface area contributed by atoms with Gasteiger partial charge in [0.2, 0.25) is 0 Å². The summed E-state index contributed by atoms with van der Waals surface area (Å²) >= 11 is 7.96. The number of thiocarbonyl (C=S) groups is 1. The van der Waals surface area contributed by atoms with E-state index >= 15 is 0 Å². The third-order valence-electron chi connectivity index (χ3n) is 2.33. The third kappa shape index (κ3) is 3.62. The van der Waals surface area contributed by atoms with Crippen molar-refractivity contribution in [3.8, 4) is 0 Å². The van der Waals surface area contributed by atoms with E-state index in [0.29, 0.717) is 17.8 Å². The van der Waals surface area contributed by atoms with Crippen LogP contribution in [0.25, 0.3) is 0 Å². The Kier molecular flexibility index (Phi) is 5.30. The zero-order chi connectivity index (χ0) is 13.0. The molecule has 1 unspecified atom stereocenters. The van der Waals surface area contributed by atoms with E-state index in [1.54, 1.807) is 19.2 Å². The second-order valence-corrected chi connectivity index (χ2v) is 4.81. The standard InChI is InChI=1S/C11H14BrFN2OS/c1-6(16-2)5-15-8-4-3-7(11(14)17)9(12)10(8)13/h3-4,6,15H,5H2,1-2H3,(H2,14,17). The first kappa shape index (κ1) is 14.3. The van der Waals surface area contributed by atoms with Crippen LogP contribution in [0.15, 0.2) is 16.6 Å². The number of halogens is 2. The van der Waals surface area contributed by atoms with Crippen molar-refractivity contribution in [2.75, 3.05) is 19.0 Å². The van der Waals surface area contributed by atoms with Gasteiger partial charge in [-0.3, -0.25) is 0 Å². The summed E-state index contributed by atoms with van der Waals surface area (Å²) in [5.74, 6) is -0.404. The lowest BCUT2D eigenvalue weighted by molar-refractivity contribution is 0.128. The van der Waals surface area contributed by atoms with Crippen LogP contribution in [-0.4, -0.2) is 24.7 Å². The minimum absolute atomic E-state index is 0.00318. The molecule has 0 saturated carbocycles. The van der Waals surface area contributed by atoms with E-state index in [1.807, 2.05) is 6.92 Å². The van der Waals surface area contributed by atoms with Gasteiger partial charge < -0.3 is 15.8 Å². The zero-order valence-corrected chi connectivity index (χ0v) is 12.0. The van der Waals surface area contributed by atoms with Gasteiger partial charge in [-0.25, -0.2) is 4.39 Å². The molecule has 0 radical (unpaired) electrons. The smallest absolute Gasteiger partial charge is 0.161 e. The monoisotopic (exact) mass is 320 g/mol. The fourth-order valence-electron chi connectivity index (χ4n) is 1.21. The summed E-state index contributed by atoms with van der Waals surface area (Å²) < 4.78 is 19.3. The minimum Gasteiger partial charge on any atom is -0.389 e. The largest absolute Gasteiger partial charge is 0.389 e. The molecule has 0 aliphatic heterocycles. The molecule has 0 aromatic heterocycles. The lowest BCUT2D eigenvalue weighted by Gasteiger charge is -2.14. The first-order valence-corrected chi connectivity index (χ1v) is 6.22. The first-order chi connectivity index (χ1) is 7.97. The second-order valence-electron chi connectivity index (χ2n) is 3.58. The van der Waals surface area contributed by atoms with Gasteiger partial charge in [-0.1, -0.05) is 12.2 Å². The number of methoxy groups -OCH3 is 1. The minimum atomic E-state index is -0.404. The van der Waals surface area contributed by atoms with Gasteiger partial charge in [-0.2, -0.15) is 0 Å². The SMILES string of the molecule is COC(C)CNc1ccc(C(N)=S)c(Br)c1F. The molecule has 0 aliphatic carbocycles. The molecule has 0 aliphatic rings. The molecule has 17 heavy (non-hydrogen) atoms. The summed E-state index contributed by atoms with van der Waals surface area (Å²) in [7, 11) is 1.61. The van der Waals surface area contributed by atoms with Gasteiger partial charge in [0.15, 0.2) is 5.82 Å². The number of ether oxygens (including phenoxy) is 1. The summed E-state index contributed by atoms with van der Waals surface area (Å²) in [6.07, 6.45) is 0.00318. The number of anilines is 1. The Morgan fingerprint density at radius 2 is 2.29 bits per heavy atom. The van der Waals surface area contributed by atoms with E-state index < -0.39 is 5.82 Å². The van der Waals surface area contributed by atoms with Crippen molar-refractivity contribution >= 4 is 38.8 Å². The van der Waals surface area contributed by atoms with Crippen LogP contribution in [0.5, 0.6) is 0 Å². The molecule has 3 nitrogen and oxygen atoms in total. The zero-order valence-electron chi connectivity index (χ0n) is 9.59. The van der Waals surface area contributed by atoms with Crippen LogP contribution >= 0.6 is 28.1 Å². The Morgan fingerprint density at radius 1 is 1.65 bits per heavy atom. The van der Waals surface area contributed by atoms with E-state index in [4.69, 9.17) is 22.7 Å². The van der Waals surface area contributed by atoms with Crippen LogP contribution in [0.4, 0.5) is 10.1 Å². The molecule has 6 heteroatoms. The lowest BCUT2D eigenvalue weighted by Crippen LogP contribution is -2.19. The topological polar surface area (TPSA) is 47.3 Å². The number of nitrogens with two attached hydrogens (primary N) is 1. The molecule has 94 valence electrons. The van der Waals surface area contributed by atoms with Gasteiger partial charge >= 0.3 is 0 Å². The van der Waals surface area contributed by atoms with Crippen LogP contribution in [0, 0.1) is 5.82 Å². The summed E-state index contributed by atoms with van der Waals surface area (Å²) in [6, 6.07) is 3.28. The van der Waals surface area contributed by atoms with Crippen LogP contribution in [0.2, 0.25) is 0 Å². The number of hydrogen-bond donors (Lipinski definition) is 2. The second kappa shape index (κ2) is 6.28. The van der Waals surface area contributed by atoms with Gasteiger partial charge in [-0.05, 0) is 35.0 Å². The van der Waals surface area contributed by atoms with E-state index in [9.17, 15) is 4.39 Å². The third-order valence-corrected chi connectivity index (χ3v) is 3.33. The predicted molar refractivity (Wildman–Crippen MR) is 74.9 cm³/mol. The van der Waals surface area contributed by atoms with Crippen molar-refractivity contribution in [1.82, 2.24) is 0 Å². The highest BCUT2D eigenvalue weighted by Crippen LogP contribution is 2.27. The molecule has 0 bridgehead atoms. The average molecular weight is 321 g/mol. The Hall–Kier alpha value is -0.720. The molecule has 1 aromatic rings. The van der Waals surface area contributed by atoms with E-state index in [0.717, 1.165) is 0 Å². The molecule has 0 spiro atoms. The number of hydrogen-bond acceptors (Lipinski definition) is 3. The van der Waals surface area contributed by atoms with Gasteiger partial charge in [0.05, 0.1) is 16.3 Å². The van der Waals surface area contributed by atoms with Crippen LogP contribution in [0.1, 0.15) is 12.5 Å². The fourth-order valence-corrected chi connectivity index (χ4v) is 2.07. The molecule has 0 amide bonds. The van der Waals surface area contributed by atoms with Crippen molar-refractivity contribution < 1.29 is 9.13 Å². The molecule has 1 rings (SSSR count). The van der Waals surface area contributed by atoms with Gasteiger partial charge in [0, 0.05) is 19.2 Å². The van der Waals surface area contributed by atoms with Crippen LogP contribution in [0.3, 0.4) is 0 Å². The molecule has 1 aromatic carbocycles. The quantitative estimate of drug-likeness (QED) is 0.819. The molecule has 0 heterocycles. The summed E-state index contributed by atoms with van der Waals surface area (Å²) in [4.78, 5) is 0.160. The number of nitrogens with one attached hydrogen (secondary N) is 1. The maximum absolute atomic E-state index is 13.9. The number of rotatable bonds is 5. The van der Waals surface area contributed by atoms with Crippen molar-refractivity contribution in [2.45, 2.75) is 13.0 Å². The molecule has 0 saturated heterocycles. The Labute approximate surface area is 114 Å². The average Bonchev–Trinajstić information content (AvgIpc) is 2.30. The highest BCUT2D eigenvalue weighted by atomic mass is 79.9. The first-order valence-electron chi connectivity index (χ1n) is 5.01. The van der Waals surface area contributed by atoms with Gasteiger partial charge in [-0.15, -0.1) is 0 Å². The maximum Gasteiger partial charge on any atom is 0.161 e. The Balaban J connectivity index is 2.89. The highest BCUT2D eigenvalue weighted by Gasteiger charge is 2.13. The van der Waals surface area contributed by atoms with Crippen molar-refractivity contribution in [1.29, 1.82) is 0 Å². The summed E-state index contributed by atoms with van der Waals surface area (Å²) in [6.45, 7) is 2.41. The molecular weight excluding hydrogens is 307 g/mol. The Bertz CT molecular complexity index is 428. The van der Waals surface area contributed by atoms with Gasteiger partial charge in [0.1, 0.15) is 4.99 Å².